The Morgan fingerprint density at radius 3 is 2.50 bits per heavy atom. The van der Waals surface area contributed by atoms with Crippen LogP contribution in [0.15, 0.2) is 18.2 Å². The fraction of sp³-hybridized carbons (Fsp3) is 0.333. The molecule has 0 amide bonds. The Bertz CT molecular complexity index is 273. The quantitative estimate of drug-likeness (QED) is 0.787. The average Bonchev–Trinajstić information content (AvgIpc) is 2.08. The standard InChI is InChI=1S/C9H11Cl2N/c1-6(5-12)7-2-3-8(10)9(11)4-7/h2-4,6H,5,12H2,1H3/t6-/m0/s1. The van der Waals surface area contributed by atoms with E-state index in [1.165, 1.54) is 0 Å². The van der Waals surface area contributed by atoms with Gasteiger partial charge in [0, 0.05) is 0 Å². The van der Waals surface area contributed by atoms with Crippen LogP contribution in [-0.2, 0) is 0 Å². The van der Waals surface area contributed by atoms with Crippen LogP contribution in [0.4, 0.5) is 0 Å². The zero-order valence-corrected chi connectivity index (χ0v) is 8.36. The Balaban J connectivity index is 2.96. The number of rotatable bonds is 2. The van der Waals surface area contributed by atoms with Crippen LogP contribution >= 0.6 is 23.2 Å². The van der Waals surface area contributed by atoms with Gasteiger partial charge in [0.25, 0.3) is 0 Å². The largest absolute Gasteiger partial charge is 0.330 e. The second-order valence-corrected chi connectivity index (χ2v) is 3.62. The van der Waals surface area contributed by atoms with Gasteiger partial charge in [-0.15, -0.1) is 0 Å². The van der Waals surface area contributed by atoms with E-state index in [1.54, 1.807) is 6.07 Å². The van der Waals surface area contributed by atoms with Crippen LogP contribution in [0, 0.1) is 0 Å². The first-order valence-corrected chi connectivity index (χ1v) is 4.55. The van der Waals surface area contributed by atoms with Crippen LogP contribution in [0.3, 0.4) is 0 Å². The Morgan fingerprint density at radius 2 is 2.00 bits per heavy atom. The number of hydrogen-bond acceptors (Lipinski definition) is 1. The summed E-state index contributed by atoms with van der Waals surface area (Å²) >= 11 is 11.6. The molecule has 12 heavy (non-hydrogen) atoms. The minimum Gasteiger partial charge on any atom is -0.330 e. The van der Waals surface area contributed by atoms with Crippen molar-refractivity contribution in [3.8, 4) is 0 Å². The summed E-state index contributed by atoms with van der Waals surface area (Å²) in [6.07, 6.45) is 0. The fourth-order valence-corrected chi connectivity index (χ4v) is 1.26. The summed E-state index contributed by atoms with van der Waals surface area (Å²) in [4.78, 5) is 0. The van der Waals surface area contributed by atoms with Gasteiger partial charge in [-0.25, -0.2) is 0 Å². The first-order chi connectivity index (χ1) is 5.65. The van der Waals surface area contributed by atoms with Crippen LogP contribution in [0.1, 0.15) is 18.4 Å². The number of benzene rings is 1. The van der Waals surface area contributed by atoms with E-state index in [-0.39, 0.29) is 0 Å². The van der Waals surface area contributed by atoms with Gasteiger partial charge in [0.05, 0.1) is 10.0 Å². The van der Waals surface area contributed by atoms with E-state index >= 15 is 0 Å². The van der Waals surface area contributed by atoms with Crippen LogP contribution in [0.5, 0.6) is 0 Å². The van der Waals surface area contributed by atoms with Gasteiger partial charge in [0.2, 0.25) is 0 Å². The first-order valence-electron chi connectivity index (χ1n) is 3.80. The maximum Gasteiger partial charge on any atom is 0.0595 e. The molecule has 0 aliphatic rings. The van der Waals surface area contributed by atoms with Crippen molar-refractivity contribution in [2.75, 3.05) is 6.54 Å². The molecule has 1 atom stereocenters. The second-order valence-electron chi connectivity index (χ2n) is 2.81. The van der Waals surface area contributed by atoms with E-state index in [9.17, 15) is 0 Å². The van der Waals surface area contributed by atoms with Crippen molar-refractivity contribution in [2.24, 2.45) is 5.73 Å². The third-order valence-electron chi connectivity index (χ3n) is 1.87. The lowest BCUT2D eigenvalue weighted by atomic mass is 10.0. The van der Waals surface area contributed by atoms with Crippen molar-refractivity contribution in [1.29, 1.82) is 0 Å². The smallest absolute Gasteiger partial charge is 0.0595 e. The molecule has 0 unspecified atom stereocenters. The van der Waals surface area contributed by atoms with Gasteiger partial charge in [-0.1, -0.05) is 36.2 Å². The molecule has 66 valence electrons. The van der Waals surface area contributed by atoms with Crippen molar-refractivity contribution in [3.63, 3.8) is 0 Å². The van der Waals surface area contributed by atoms with Gasteiger partial charge in [-0.2, -0.15) is 0 Å². The molecule has 3 heteroatoms. The highest BCUT2D eigenvalue weighted by atomic mass is 35.5. The van der Waals surface area contributed by atoms with Gasteiger partial charge in [0.1, 0.15) is 0 Å². The maximum atomic E-state index is 5.84. The topological polar surface area (TPSA) is 26.0 Å². The van der Waals surface area contributed by atoms with Gasteiger partial charge < -0.3 is 5.73 Å². The summed E-state index contributed by atoms with van der Waals surface area (Å²) in [5.74, 6) is 0.333. The molecule has 0 heterocycles. The Hall–Kier alpha value is -0.240. The summed E-state index contributed by atoms with van der Waals surface area (Å²) in [5, 5.41) is 1.18. The van der Waals surface area contributed by atoms with Gasteiger partial charge >= 0.3 is 0 Å². The van der Waals surface area contributed by atoms with E-state index in [1.807, 2.05) is 12.1 Å². The zero-order chi connectivity index (χ0) is 9.14. The molecule has 0 saturated heterocycles. The lowest BCUT2D eigenvalue weighted by Gasteiger charge is -2.09. The molecular weight excluding hydrogens is 193 g/mol. The monoisotopic (exact) mass is 203 g/mol. The Labute approximate surface area is 82.5 Å². The van der Waals surface area contributed by atoms with E-state index in [4.69, 9.17) is 28.9 Å². The molecule has 0 saturated carbocycles. The normalized spacial score (nSPS) is 13.0. The summed E-state index contributed by atoms with van der Waals surface area (Å²) in [5.41, 5.74) is 6.65. The highest BCUT2D eigenvalue weighted by Gasteiger charge is 2.04. The van der Waals surface area contributed by atoms with Crippen LogP contribution in [-0.4, -0.2) is 6.54 Å². The lowest BCUT2D eigenvalue weighted by molar-refractivity contribution is 0.774. The predicted molar refractivity (Wildman–Crippen MR) is 53.9 cm³/mol. The number of hydrogen-bond donors (Lipinski definition) is 1. The predicted octanol–water partition coefficient (Wildman–Crippen LogP) is 3.06. The highest BCUT2D eigenvalue weighted by Crippen LogP contribution is 2.25. The summed E-state index contributed by atoms with van der Waals surface area (Å²) in [7, 11) is 0. The maximum absolute atomic E-state index is 5.84. The van der Waals surface area contributed by atoms with E-state index in [0.29, 0.717) is 22.5 Å². The summed E-state index contributed by atoms with van der Waals surface area (Å²) in [6, 6.07) is 5.61. The molecule has 1 rings (SSSR count). The third-order valence-corrected chi connectivity index (χ3v) is 2.61. The molecule has 0 bridgehead atoms. The summed E-state index contributed by atoms with van der Waals surface area (Å²) in [6.45, 7) is 2.68. The molecule has 1 nitrogen and oxygen atoms in total. The molecule has 0 radical (unpaired) electrons. The minimum absolute atomic E-state index is 0.333. The van der Waals surface area contributed by atoms with E-state index in [2.05, 4.69) is 6.92 Å². The molecule has 2 N–H and O–H groups in total. The lowest BCUT2D eigenvalue weighted by Crippen LogP contribution is -2.08. The Kier molecular flexibility index (Phi) is 3.39. The van der Waals surface area contributed by atoms with Crippen molar-refractivity contribution < 1.29 is 0 Å². The van der Waals surface area contributed by atoms with Crippen LogP contribution in [0.2, 0.25) is 10.0 Å². The first kappa shape index (κ1) is 9.85. The molecule has 0 spiro atoms. The minimum atomic E-state index is 0.333. The van der Waals surface area contributed by atoms with Gasteiger partial charge in [-0.3, -0.25) is 0 Å². The fourth-order valence-electron chi connectivity index (χ4n) is 0.955. The zero-order valence-electron chi connectivity index (χ0n) is 6.85. The van der Waals surface area contributed by atoms with E-state index < -0.39 is 0 Å². The average molecular weight is 204 g/mol. The Morgan fingerprint density at radius 1 is 1.33 bits per heavy atom. The SMILES string of the molecule is C[C@@H](CN)c1ccc(Cl)c(Cl)c1. The van der Waals surface area contributed by atoms with Gasteiger partial charge in [0.15, 0.2) is 0 Å². The van der Waals surface area contributed by atoms with Crippen molar-refractivity contribution >= 4 is 23.2 Å². The van der Waals surface area contributed by atoms with Crippen LogP contribution < -0.4 is 5.73 Å². The number of halogens is 2. The molecule has 0 fully saturated rings. The molecule has 0 aromatic heterocycles. The molecule has 1 aromatic carbocycles. The highest BCUT2D eigenvalue weighted by molar-refractivity contribution is 6.42. The van der Waals surface area contributed by atoms with Gasteiger partial charge in [-0.05, 0) is 30.2 Å². The second kappa shape index (κ2) is 4.13. The van der Waals surface area contributed by atoms with Crippen LogP contribution in [0.25, 0.3) is 0 Å². The molecule has 0 aliphatic heterocycles. The van der Waals surface area contributed by atoms with E-state index in [0.717, 1.165) is 5.56 Å². The molecule has 0 aliphatic carbocycles. The van der Waals surface area contributed by atoms with Crippen molar-refractivity contribution in [3.05, 3.63) is 33.8 Å². The van der Waals surface area contributed by atoms with Crippen molar-refractivity contribution in [2.45, 2.75) is 12.8 Å². The molecule has 1 aromatic rings. The summed E-state index contributed by atoms with van der Waals surface area (Å²) < 4.78 is 0. The molecular formula is C9H11Cl2N. The number of nitrogens with two attached hydrogens (primary N) is 1. The third kappa shape index (κ3) is 2.13. The van der Waals surface area contributed by atoms with Crippen molar-refractivity contribution in [1.82, 2.24) is 0 Å².